The summed E-state index contributed by atoms with van der Waals surface area (Å²) in [6.07, 6.45) is 5.93. The van der Waals surface area contributed by atoms with Gasteiger partial charge in [0.1, 0.15) is 16.7 Å². The third kappa shape index (κ3) is 9.90. The van der Waals surface area contributed by atoms with Gasteiger partial charge in [-0.15, -0.1) is 11.6 Å². The van der Waals surface area contributed by atoms with E-state index < -0.39 is 16.1 Å². The highest BCUT2D eigenvalue weighted by molar-refractivity contribution is 7.89. The van der Waals surface area contributed by atoms with Gasteiger partial charge in [-0.25, -0.2) is 8.42 Å². The first-order chi connectivity index (χ1) is 21.3. The molecule has 0 unspecified atom stereocenters. The highest BCUT2D eigenvalue weighted by Crippen LogP contribution is 2.25. The number of anilines is 1. The molecule has 10 nitrogen and oxygen atoms in total. The van der Waals surface area contributed by atoms with Crippen molar-refractivity contribution in [2.45, 2.75) is 49.1 Å². The molecule has 3 aromatic rings. The maximum atomic E-state index is 14.0. The lowest BCUT2D eigenvalue weighted by Gasteiger charge is -2.34. The molecule has 2 aromatic carbocycles. The number of nitrogens with zero attached hydrogens (tertiary/aromatic N) is 2. The molecular formula is C32H41ClN4O6S. The largest absolute Gasteiger partial charge is 0.508 e. The van der Waals surface area contributed by atoms with Gasteiger partial charge in [-0.2, -0.15) is 4.72 Å². The van der Waals surface area contributed by atoms with Crippen LogP contribution in [0.3, 0.4) is 0 Å². The number of amides is 1. The maximum absolute atomic E-state index is 14.0. The number of aromatic hydroxyl groups is 1. The van der Waals surface area contributed by atoms with Crippen molar-refractivity contribution in [3.8, 4) is 5.75 Å². The van der Waals surface area contributed by atoms with Crippen LogP contribution >= 0.6 is 11.6 Å². The number of rotatable bonds is 16. The lowest BCUT2D eigenvalue weighted by Crippen LogP contribution is -2.51. The Kier molecular flexibility index (Phi) is 12.8. The summed E-state index contributed by atoms with van der Waals surface area (Å²) in [5.74, 6) is 0.794. The monoisotopic (exact) mass is 644 g/mol. The minimum atomic E-state index is -4.24. The predicted molar refractivity (Wildman–Crippen MR) is 170 cm³/mol. The molecule has 1 aliphatic rings. The molecule has 1 aliphatic heterocycles. The Morgan fingerprint density at radius 2 is 1.75 bits per heavy atom. The van der Waals surface area contributed by atoms with Gasteiger partial charge in [0.05, 0.1) is 31.5 Å². The van der Waals surface area contributed by atoms with Gasteiger partial charge in [0.15, 0.2) is 0 Å². The molecule has 44 heavy (non-hydrogen) atoms. The zero-order valence-corrected chi connectivity index (χ0v) is 26.2. The number of pyridine rings is 1. The smallest absolute Gasteiger partial charge is 0.244 e. The number of sulfonamides is 1. The van der Waals surface area contributed by atoms with Gasteiger partial charge in [0.25, 0.3) is 0 Å². The summed E-state index contributed by atoms with van der Waals surface area (Å²) in [5.41, 5.74) is 2.05. The number of aliphatic hydroxyl groups is 1. The van der Waals surface area contributed by atoms with Gasteiger partial charge in [-0.05, 0) is 67.3 Å². The number of alkyl halides is 1. The summed E-state index contributed by atoms with van der Waals surface area (Å²) in [4.78, 5) is 19.5. The van der Waals surface area contributed by atoms with E-state index in [0.717, 1.165) is 24.8 Å². The Hall–Kier alpha value is -3.22. The number of hydrogen-bond acceptors (Lipinski definition) is 8. The fraction of sp³-hybridized carbons (Fsp3) is 0.438. The number of carbonyl (C=O) groups is 1. The molecule has 0 bridgehead atoms. The SMILES string of the molecule is O=C([C@H](Cc1ccc(O)cc1)NS(=O)(=O)c1cnccc1N[C@H](COCCO)Cc1ccccc1)N1CCC(CCCl)CC1. The normalized spacial score (nSPS) is 15.5. The second-order valence-electron chi connectivity index (χ2n) is 11.0. The van der Waals surface area contributed by atoms with Gasteiger partial charge in [-0.3, -0.25) is 9.78 Å². The summed E-state index contributed by atoms with van der Waals surface area (Å²) in [7, 11) is -4.24. The molecule has 0 saturated carbocycles. The minimum Gasteiger partial charge on any atom is -0.508 e. The molecular weight excluding hydrogens is 604 g/mol. The molecule has 2 heterocycles. The number of aliphatic hydroxyl groups excluding tert-OH is 1. The molecule has 0 aliphatic carbocycles. The molecule has 4 rings (SSSR count). The van der Waals surface area contributed by atoms with Crippen LogP contribution < -0.4 is 10.0 Å². The maximum Gasteiger partial charge on any atom is 0.244 e. The number of benzene rings is 2. The van der Waals surface area contributed by atoms with E-state index in [2.05, 4.69) is 15.0 Å². The Bertz CT molecular complexity index is 1420. The molecule has 1 saturated heterocycles. The van der Waals surface area contributed by atoms with E-state index in [-0.39, 0.29) is 48.8 Å². The topological polar surface area (TPSA) is 141 Å². The van der Waals surface area contributed by atoms with E-state index in [4.69, 9.17) is 16.3 Å². The predicted octanol–water partition coefficient (Wildman–Crippen LogP) is 3.58. The summed E-state index contributed by atoms with van der Waals surface area (Å²) in [6, 6.07) is 16.3. The number of halogens is 1. The number of carbonyl (C=O) groups excluding carboxylic acids is 1. The van der Waals surface area contributed by atoms with Crippen LogP contribution in [0, 0.1) is 5.92 Å². The van der Waals surface area contributed by atoms with Gasteiger partial charge in [0.2, 0.25) is 15.9 Å². The Balaban J connectivity index is 1.57. The lowest BCUT2D eigenvalue weighted by molar-refractivity contribution is -0.134. The highest BCUT2D eigenvalue weighted by Gasteiger charge is 2.33. The van der Waals surface area contributed by atoms with Gasteiger partial charge >= 0.3 is 0 Å². The Labute approximate surface area is 264 Å². The third-order valence-electron chi connectivity index (χ3n) is 7.73. The van der Waals surface area contributed by atoms with E-state index in [1.807, 2.05) is 30.3 Å². The van der Waals surface area contributed by atoms with Crippen molar-refractivity contribution < 1.29 is 28.2 Å². The van der Waals surface area contributed by atoms with Crippen molar-refractivity contribution in [3.05, 3.63) is 84.2 Å². The van der Waals surface area contributed by atoms with Crippen molar-refractivity contribution in [3.63, 3.8) is 0 Å². The standard InChI is InChI=1S/C32H41ClN4O6S/c33-14-10-24-12-16-37(17-13-24)32(40)30(21-26-6-8-28(39)9-7-26)36-44(41,42)31-22-34-15-11-29(31)35-27(23-43-19-18-38)20-25-4-2-1-3-5-25/h1-9,11,15,22,24,27,30,36,38-39H,10,12-14,16-21,23H2,(H,34,35)/t27-,30-/m0/s1. The first-order valence-corrected chi connectivity index (χ1v) is 16.9. The van der Waals surface area contributed by atoms with Crippen molar-refractivity contribution in [1.29, 1.82) is 0 Å². The van der Waals surface area contributed by atoms with Crippen LogP contribution in [0.4, 0.5) is 5.69 Å². The van der Waals surface area contributed by atoms with Crippen molar-refractivity contribution >= 4 is 33.2 Å². The average Bonchev–Trinajstić information content (AvgIpc) is 3.03. The summed E-state index contributed by atoms with van der Waals surface area (Å²) in [6.45, 7) is 1.32. The van der Waals surface area contributed by atoms with Crippen LogP contribution in [0.1, 0.15) is 30.4 Å². The number of phenols is 1. The molecule has 12 heteroatoms. The molecule has 0 radical (unpaired) electrons. The number of ether oxygens (including phenoxy) is 1. The second kappa shape index (κ2) is 16.7. The summed E-state index contributed by atoms with van der Waals surface area (Å²) < 4.78 is 36.2. The third-order valence-corrected chi connectivity index (χ3v) is 9.45. The first-order valence-electron chi connectivity index (χ1n) is 14.9. The number of piperidine rings is 1. The zero-order chi connectivity index (χ0) is 31.4. The average molecular weight is 645 g/mol. The van der Waals surface area contributed by atoms with Crippen LogP contribution in [-0.2, 0) is 32.4 Å². The number of nitrogens with one attached hydrogen (secondary N) is 2. The van der Waals surface area contributed by atoms with Crippen molar-refractivity contribution in [1.82, 2.24) is 14.6 Å². The minimum absolute atomic E-state index is 0.0812. The molecule has 238 valence electrons. The Morgan fingerprint density at radius 1 is 1.05 bits per heavy atom. The van der Waals surface area contributed by atoms with Gasteiger partial charge < -0.3 is 25.2 Å². The van der Waals surface area contributed by atoms with Gasteiger partial charge in [0, 0.05) is 31.4 Å². The quantitative estimate of drug-likeness (QED) is 0.137. The fourth-order valence-corrected chi connectivity index (χ4v) is 7.00. The lowest BCUT2D eigenvalue weighted by atomic mass is 9.93. The summed E-state index contributed by atoms with van der Waals surface area (Å²) in [5, 5.41) is 22.2. The van der Waals surface area contributed by atoms with Crippen LogP contribution in [0.5, 0.6) is 5.75 Å². The number of hydrogen-bond donors (Lipinski definition) is 4. The number of phenolic OH excluding ortho intramolecular Hbond substituents is 1. The van der Waals surface area contributed by atoms with Crippen LogP contribution in [0.15, 0.2) is 78.0 Å². The molecule has 1 aromatic heterocycles. The van der Waals surface area contributed by atoms with E-state index in [0.29, 0.717) is 42.6 Å². The summed E-state index contributed by atoms with van der Waals surface area (Å²) >= 11 is 5.93. The van der Waals surface area contributed by atoms with Gasteiger partial charge in [-0.1, -0.05) is 42.5 Å². The first kappa shape index (κ1) is 33.7. The molecule has 2 atom stereocenters. The fourth-order valence-electron chi connectivity index (χ4n) is 5.39. The van der Waals surface area contributed by atoms with Crippen LogP contribution in [-0.4, -0.2) is 85.3 Å². The van der Waals surface area contributed by atoms with E-state index in [1.54, 1.807) is 23.1 Å². The van der Waals surface area contributed by atoms with Crippen molar-refractivity contribution in [2.24, 2.45) is 5.92 Å². The van der Waals surface area contributed by atoms with Crippen molar-refractivity contribution in [2.75, 3.05) is 44.1 Å². The van der Waals surface area contributed by atoms with E-state index in [9.17, 15) is 23.4 Å². The molecule has 1 fully saturated rings. The van der Waals surface area contributed by atoms with Crippen LogP contribution in [0.2, 0.25) is 0 Å². The van der Waals surface area contributed by atoms with E-state index in [1.165, 1.54) is 24.5 Å². The number of likely N-dealkylation sites (tertiary alicyclic amines) is 1. The van der Waals surface area contributed by atoms with Crippen LogP contribution in [0.25, 0.3) is 0 Å². The van der Waals surface area contributed by atoms with E-state index >= 15 is 0 Å². The highest BCUT2D eigenvalue weighted by atomic mass is 35.5. The molecule has 1 amide bonds. The number of aromatic nitrogens is 1. The second-order valence-corrected chi connectivity index (χ2v) is 13.1. The zero-order valence-electron chi connectivity index (χ0n) is 24.6. The molecule has 0 spiro atoms. The Morgan fingerprint density at radius 3 is 2.43 bits per heavy atom. The molecule has 4 N–H and O–H groups in total.